The third kappa shape index (κ3) is 4.33. The highest BCUT2D eigenvalue weighted by Crippen LogP contribution is 2.35. The van der Waals surface area contributed by atoms with E-state index in [0.717, 1.165) is 33.4 Å². The summed E-state index contributed by atoms with van der Waals surface area (Å²) in [6, 6.07) is 19.2. The van der Waals surface area contributed by atoms with E-state index in [1.807, 2.05) is 42.5 Å². The highest BCUT2D eigenvalue weighted by atomic mass is 32.1. The number of pyridine rings is 1. The van der Waals surface area contributed by atoms with E-state index in [-0.39, 0.29) is 5.78 Å². The standard InChI is InChI=1S/C24H21N3O2S/c28-21(14-9-16-7-8-16)19-4-3-15-25-23(19)29-18-12-10-17(11-13-18)26-24-27-20-5-1-2-6-22(20)30-24/h1-6,10-13,15-16H,7-9,14H2,(H,26,27). The van der Waals surface area contributed by atoms with E-state index in [9.17, 15) is 4.79 Å². The van der Waals surface area contributed by atoms with Crippen molar-refractivity contribution in [3.8, 4) is 11.6 Å². The molecule has 2 aromatic carbocycles. The van der Waals surface area contributed by atoms with Crippen LogP contribution in [0, 0.1) is 5.92 Å². The van der Waals surface area contributed by atoms with Crippen LogP contribution in [0.3, 0.4) is 0 Å². The Bertz CT molecular complexity index is 1150. The lowest BCUT2D eigenvalue weighted by atomic mass is 10.1. The number of thiazole rings is 1. The van der Waals surface area contributed by atoms with Crippen LogP contribution in [0.5, 0.6) is 11.6 Å². The number of nitrogens with one attached hydrogen (secondary N) is 1. The number of hydrogen-bond acceptors (Lipinski definition) is 6. The van der Waals surface area contributed by atoms with E-state index in [0.29, 0.717) is 23.6 Å². The number of para-hydroxylation sites is 1. The number of rotatable bonds is 8. The van der Waals surface area contributed by atoms with Crippen LogP contribution in [-0.2, 0) is 0 Å². The largest absolute Gasteiger partial charge is 0.438 e. The average Bonchev–Trinajstić information content (AvgIpc) is 3.51. The number of hydrogen-bond donors (Lipinski definition) is 1. The van der Waals surface area contributed by atoms with E-state index >= 15 is 0 Å². The molecule has 1 N–H and O–H groups in total. The van der Waals surface area contributed by atoms with Crippen LogP contribution in [0.1, 0.15) is 36.0 Å². The van der Waals surface area contributed by atoms with Gasteiger partial charge in [0.1, 0.15) is 5.75 Å². The van der Waals surface area contributed by atoms with Crippen molar-refractivity contribution in [2.75, 3.05) is 5.32 Å². The minimum absolute atomic E-state index is 0.0964. The summed E-state index contributed by atoms with van der Waals surface area (Å²) in [4.78, 5) is 21.5. The molecule has 0 unspecified atom stereocenters. The van der Waals surface area contributed by atoms with E-state index in [1.165, 1.54) is 12.8 Å². The number of carbonyl (C=O) groups excluding carboxylic acids is 1. The van der Waals surface area contributed by atoms with Gasteiger partial charge in [-0.1, -0.05) is 36.3 Å². The molecule has 4 aromatic rings. The fraction of sp³-hybridized carbons (Fsp3) is 0.208. The molecule has 1 fully saturated rings. The Morgan fingerprint density at radius 1 is 1.07 bits per heavy atom. The number of ketones is 1. The van der Waals surface area contributed by atoms with Gasteiger partial charge in [-0.15, -0.1) is 0 Å². The van der Waals surface area contributed by atoms with E-state index in [1.54, 1.807) is 29.7 Å². The molecule has 150 valence electrons. The van der Waals surface area contributed by atoms with Gasteiger partial charge in [0, 0.05) is 18.3 Å². The van der Waals surface area contributed by atoms with E-state index in [4.69, 9.17) is 4.74 Å². The zero-order valence-corrected chi connectivity index (χ0v) is 17.2. The van der Waals surface area contributed by atoms with Crippen molar-refractivity contribution in [1.82, 2.24) is 9.97 Å². The number of benzene rings is 2. The maximum absolute atomic E-state index is 12.6. The molecule has 5 rings (SSSR count). The molecule has 0 amide bonds. The summed E-state index contributed by atoms with van der Waals surface area (Å²) in [6.07, 6.45) is 5.66. The Labute approximate surface area is 178 Å². The molecular formula is C24H21N3O2S. The Hall–Kier alpha value is -3.25. The Balaban J connectivity index is 1.27. The molecule has 5 nitrogen and oxygen atoms in total. The van der Waals surface area contributed by atoms with Crippen LogP contribution >= 0.6 is 11.3 Å². The van der Waals surface area contributed by atoms with Gasteiger partial charge in [0.25, 0.3) is 0 Å². The maximum Gasteiger partial charge on any atom is 0.230 e. The summed E-state index contributed by atoms with van der Waals surface area (Å²) in [5.41, 5.74) is 2.46. The topological polar surface area (TPSA) is 64.1 Å². The van der Waals surface area contributed by atoms with Gasteiger partial charge in [-0.3, -0.25) is 4.79 Å². The van der Waals surface area contributed by atoms with Crippen molar-refractivity contribution < 1.29 is 9.53 Å². The highest BCUT2D eigenvalue weighted by Gasteiger charge is 2.23. The average molecular weight is 416 g/mol. The monoisotopic (exact) mass is 415 g/mol. The second-order valence-corrected chi connectivity index (χ2v) is 8.53. The van der Waals surface area contributed by atoms with Crippen molar-refractivity contribution in [1.29, 1.82) is 0 Å². The van der Waals surface area contributed by atoms with Gasteiger partial charge in [-0.2, -0.15) is 0 Å². The first-order valence-corrected chi connectivity index (χ1v) is 10.9. The van der Waals surface area contributed by atoms with Crippen LogP contribution < -0.4 is 10.1 Å². The molecule has 2 heterocycles. The first kappa shape index (κ1) is 18.8. The van der Waals surface area contributed by atoms with Crippen LogP contribution in [0.4, 0.5) is 10.8 Å². The predicted octanol–water partition coefficient (Wildman–Crippen LogP) is 6.60. The third-order valence-electron chi connectivity index (χ3n) is 5.16. The molecule has 0 atom stereocenters. The van der Waals surface area contributed by atoms with Gasteiger partial charge >= 0.3 is 0 Å². The molecular weight excluding hydrogens is 394 g/mol. The number of Topliss-reactive ketones (excluding diaryl/α,β-unsaturated/α-hetero) is 1. The molecule has 0 aliphatic heterocycles. The highest BCUT2D eigenvalue weighted by molar-refractivity contribution is 7.22. The fourth-order valence-electron chi connectivity index (χ4n) is 3.33. The van der Waals surface area contributed by atoms with Gasteiger partial charge in [0.05, 0.1) is 15.8 Å². The molecule has 0 radical (unpaired) electrons. The molecule has 2 aromatic heterocycles. The van der Waals surface area contributed by atoms with Crippen molar-refractivity contribution in [3.63, 3.8) is 0 Å². The molecule has 0 bridgehead atoms. The van der Waals surface area contributed by atoms with Crippen LogP contribution in [0.2, 0.25) is 0 Å². The normalized spacial score (nSPS) is 13.3. The molecule has 0 saturated heterocycles. The molecule has 6 heteroatoms. The van der Waals surface area contributed by atoms with Gasteiger partial charge in [0.15, 0.2) is 10.9 Å². The minimum atomic E-state index is 0.0964. The lowest BCUT2D eigenvalue weighted by molar-refractivity contribution is 0.0975. The Kier molecular flexibility index (Phi) is 5.15. The van der Waals surface area contributed by atoms with Gasteiger partial charge < -0.3 is 10.1 Å². The number of nitrogens with zero attached hydrogens (tertiary/aromatic N) is 2. The van der Waals surface area contributed by atoms with Crippen molar-refractivity contribution >= 4 is 38.2 Å². The predicted molar refractivity (Wildman–Crippen MR) is 120 cm³/mol. The quantitative estimate of drug-likeness (QED) is 0.328. The second kappa shape index (κ2) is 8.24. The van der Waals surface area contributed by atoms with Crippen molar-refractivity contribution in [3.05, 3.63) is 72.4 Å². The number of ether oxygens (including phenoxy) is 1. The zero-order valence-electron chi connectivity index (χ0n) is 16.4. The maximum atomic E-state index is 12.6. The number of fused-ring (bicyclic) bond motifs is 1. The molecule has 1 aliphatic carbocycles. The SMILES string of the molecule is O=C(CCC1CC1)c1cccnc1Oc1ccc(Nc2nc3ccccc3s2)cc1. The van der Waals surface area contributed by atoms with Crippen LogP contribution in [-0.4, -0.2) is 15.8 Å². The Morgan fingerprint density at radius 2 is 1.90 bits per heavy atom. The molecule has 0 spiro atoms. The van der Waals surface area contributed by atoms with E-state index < -0.39 is 0 Å². The first-order valence-electron chi connectivity index (χ1n) is 10.1. The Morgan fingerprint density at radius 3 is 2.70 bits per heavy atom. The number of carbonyl (C=O) groups is 1. The lowest BCUT2D eigenvalue weighted by Crippen LogP contribution is -2.03. The molecule has 1 aliphatic rings. The third-order valence-corrected chi connectivity index (χ3v) is 6.11. The van der Waals surface area contributed by atoms with Crippen molar-refractivity contribution in [2.24, 2.45) is 5.92 Å². The summed E-state index contributed by atoms with van der Waals surface area (Å²) in [5.74, 6) is 1.83. The smallest absolute Gasteiger partial charge is 0.230 e. The fourth-order valence-corrected chi connectivity index (χ4v) is 4.21. The zero-order chi connectivity index (χ0) is 20.3. The molecule has 30 heavy (non-hydrogen) atoms. The van der Waals surface area contributed by atoms with Gasteiger partial charge in [-0.05, 0) is 60.9 Å². The first-order chi connectivity index (χ1) is 14.7. The van der Waals surface area contributed by atoms with Gasteiger partial charge in [-0.25, -0.2) is 9.97 Å². The van der Waals surface area contributed by atoms with Crippen LogP contribution in [0.25, 0.3) is 10.2 Å². The van der Waals surface area contributed by atoms with Crippen LogP contribution in [0.15, 0.2) is 66.9 Å². The summed E-state index contributed by atoms with van der Waals surface area (Å²) in [5, 5.41) is 4.17. The summed E-state index contributed by atoms with van der Waals surface area (Å²) in [6.45, 7) is 0. The second-order valence-electron chi connectivity index (χ2n) is 7.50. The summed E-state index contributed by atoms with van der Waals surface area (Å²) >= 11 is 1.61. The summed E-state index contributed by atoms with van der Waals surface area (Å²) < 4.78 is 7.08. The number of aromatic nitrogens is 2. The number of anilines is 2. The molecule has 1 saturated carbocycles. The summed E-state index contributed by atoms with van der Waals surface area (Å²) in [7, 11) is 0. The van der Waals surface area contributed by atoms with E-state index in [2.05, 4.69) is 21.4 Å². The minimum Gasteiger partial charge on any atom is -0.438 e. The van der Waals surface area contributed by atoms with Gasteiger partial charge in [0.2, 0.25) is 5.88 Å². The lowest BCUT2D eigenvalue weighted by Gasteiger charge is -2.10. The van der Waals surface area contributed by atoms with Crippen molar-refractivity contribution in [2.45, 2.75) is 25.7 Å².